The van der Waals surface area contributed by atoms with Crippen LogP contribution in [-0.4, -0.2) is 26.1 Å². The molecule has 1 aromatic carbocycles. The molecule has 0 saturated carbocycles. The third-order valence-electron chi connectivity index (χ3n) is 2.84. The highest BCUT2D eigenvalue weighted by atomic mass is 16.5. The van der Waals surface area contributed by atoms with E-state index in [0.717, 1.165) is 30.6 Å². The van der Waals surface area contributed by atoms with Gasteiger partial charge < -0.3 is 15.8 Å². The van der Waals surface area contributed by atoms with Crippen molar-refractivity contribution in [1.29, 1.82) is 0 Å². The Morgan fingerprint density at radius 2 is 2.11 bits per heavy atom. The van der Waals surface area contributed by atoms with Crippen LogP contribution in [0.5, 0.6) is 5.75 Å². The molecule has 0 fully saturated rings. The zero-order chi connectivity index (χ0) is 13.4. The zero-order valence-corrected chi connectivity index (χ0v) is 11.2. The van der Waals surface area contributed by atoms with Crippen LogP contribution in [0.1, 0.15) is 35.2 Å². The van der Waals surface area contributed by atoms with E-state index in [-0.39, 0.29) is 5.91 Å². The summed E-state index contributed by atoms with van der Waals surface area (Å²) in [6.07, 6.45) is 3.02. The van der Waals surface area contributed by atoms with E-state index < -0.39 is 0 Å². The monoisotopic (exact) mass is 250 g/mol. The van der Waals surface area contributed by atoms with Gasteiger partial charge in [0.2, 0.25) is 0 Å². The lowest BCUT2D eigenvalue weighted by atomic mass is 10.1. The predicted molar refractivity (Wildman–Crippen MR) is 73.0 cm³/mol. The first-order chi connectivity index (χ1) is 8.69. The predicted octanol–water partition coefficient (Wildman–Crippen LogP) is 1.86. The summed E-state index contributed by atoms with van der Waals surface area (Å²) in [5.74, 6) is 0.687. The van der Waals surface area contributed by atoms with Gasteiger partial charge in [0.25, 0.3) is 5.91 Å². The second-order valence-corrected chi connectivity index (χ2v) is 4.29. The summed E-state index contributed by atoms with van der Waals surface area (Å²) in [5, 5.41) is 2.89. The van der Waals surface area contributed by atoms with Gasteiger partial charge in [0, 0.05) is 12.1 Å². The molecule has 0 bridgehead atoms. The van der Waals surface area contributed by atoms with Crippen molar-refractivity contribution in [3.63, 3.8) is 0 Å². The number of amides is 1. The third-order valence-corrected chi connectivity index (χ3v) is 2.84. The van der Waals surface area contributed by atoms with Crippen LogP contribution < -0.4 is 15.8 Å². The van der Waals surface area contributed by atoms with Gasteiger partial charge in [-0.25, -0.2) is 0 Å². The minimum atomic E-state index is -0.0546. The number of nitrogens with two attached hydrogens (primary N) is 1. The van der Waals surface area contributed by atoms with Gasteiger partial charge in [0.1, 0.15) is 5.75 Å². The summed E-state index contributed by atoms with van der Waals surface area (Å²) in [6, 6.07) is 5.47. The summed E-state index contributed by atoms with van der Waals surface area (Å²) in [4.78, 5) is 11.9. The van der Waals surface area contributed by atoms with Gasteiger partial charge in [-0.2, -0.15) is 0 Å². The Labute approximate surface area is 109 Å². The van der Waals surface area contributed by atoms with E-state index in [9.17, 15) is 4.79 Å². The molecule has 1 rings (SSSR count). The molecule has 0 aliphatic carbocycles. The highest BCUT2D eigenvalue weighted by molar-refractivity contribution is 5.94. The number of ether oxygens (including phenoxy) is 1. The molecule has 3 N–H and O–H groups in total. The second kappa shape index (κ2) is 7.71. The van der Waals surface area contributed by atoms with Crippen LogP contribution in [-0.2, 0) is 0 Å². The minimum absolute atomic E-state index is 0.0546. The topological polar surface area (TPSA) is 64.3 Å². The van der Waals surface area contributed by atoms with Crippen LogP contribution in [0.25, 0.3) is 0 Å². The van der Waals surface area contributed by atoms with Crippen LogP contribution in [0.3, 0.4) is 0 Å². The maximum Gasteiger partial charge on any atom is 0.251 e. The van der Waals surface area contributed by atoms with E-state index in [0.29, 0.717) is 18.7 Å². The van der Waals surface area contributed by atoms with E-state index >= 15 is 0 Å². The molecule has 0 aromatic heterocycles. The number of hydrogen-bond donors (Lipinski definition) is 2. The lowest BCUT2D eigenvalue weighted by Gasteiger charge is -2.08. The molecule has 0 radical (unpaired) electrons. The summed E-state index contributed by atoms with van der Waals surface area (Å²) < 4.78 is 5.20. The van der Waals surface area contributed by atoms with Crippen molar-refractivity contribution in [1.82, 2.24) is 5.32 Å². The Morgan fingerprint density at radius 1 is 1.33 bits per heavy atom. The second-order valence-electron chi connectivity index (χ2n) is 4.29. The van der Waals surface area contributed by atoms with Gasteiger partial charge in [-0.1, -0.05) is 12.5 Å². The SMILES string of the molecule is COc1cc(C(=O)NCCCCCN)ccc1C. The molecule has 0 spiro atoms. The van der Waals surface area contributed by atoms with Crippen molar-refractivity contribution >= 4 is 5.91 Å². The fourth-order valence-electron chi connectivity index (χ4n) is 1.71. The molecular formula is C14H22N2O2. The number of carbonyl (C=O) groups excluding carboxylic acids is 1. The van der Waals surface area contributed by atoms with Gasteiger partial charge in [0.15, 0.2) is 0 Å². The molecule has 0 atom stereocenters. The Hall–Kier alpha value is -1.55. The maximum atomic E-state index is 11.9. The van der Waals surface area contributed by atoms with Crippen LogP contribution in [0, 0.1) is 6.92 Å². The van der Waals surface area contributed by atoms with Crippen LogP contribution >= 0.6 is 0 Å². The lowest BCUT2D eigenvalue weighted by Crippen LogP contribution is -2.24. The number of nitrogens with one attached hydrogen (secondary N) is 1. The molecule has 18 heavy (non-hydrogen) atoms. The van der Waals surface area contributed by atoms with Gasteiger partial charge in [0.05, 0.1) is 7.11 Å². The van der Waals surface area contributed by atoms with E-state index in [2.05, 4.69) is 5.32 Å². The van der Waals surface area contributed by atoms with Gasteiger partial charge in [-0.15, -0.1) is 0 Å². The molecular weight excluding hydrogens is 228 g/mol. The molecule has 0 aliphatic rings. The summed E-state index contributed by atoms with van der Waals surface area (Å²) in [5.41, 5.74) is 7.07. The minimum Gasteiger partial charge on any atom is -0.496 e. The average molecular weight is 250 g/mol. The number of carbonyl (C=O) groups is 1. The molecule has 1 aromatic rings. The standard InChI is InChI=1S/C14H22N2O2/c1-11-6-7-12(10-13(11)18-2)14(17)16-9-5-3-4-8-15/h6-7,10H,3-5,8-9,15H2,1-2H3,(H,16,17). The number of hydrogen-bond acceptors (Lipinski definition) is 3. The summed E-state index contributed by atoms with van der Waals surface area (Å²) in [6.45, 7) is 3.35. The number of aryl methyl sites for hydroxylation is 1. The van der Waals surface area contributed by atoms with Crippen molar-refractivity contribution in [2.75, 3.05) is 20.2 Å². The first kappa shape index (κ1) is 14.5. The molecule has 0 unspecified atom stereocenters. The maximum absolute atomic E-state index is 11.9. The molecule has 0 aliphatic heterocycles. The van der Waals surface area contributed by atoms with E-state index in [4.69, 9.17) is 10.5 Å². The number of unbranched alkanes of at least 4 members (excludes halogenated alkanes) is 2. The number of benzene rings is 1. The highest BCUT2D eigenvalue weighted by Crippen LogP contribution is 2.18. The zero-order valence-electron chi connectivity index (χ0n) is 11.2. The van der Waals surface area contributed by atoms with Crippen LogP contribution in [0.15, 0.2) is 18.2 Å². The molecule has 0 heterocycles. The van der Waals surface area contributed by atoms with Gasteiger partial charge in [-0.05, 0) is 44.0 Å². The smallest absolute Gasteiger partial charge is 0.251 e. The quantitative estimate of drug-likeness (QED) is 0.726. The van der Waals surface area contributed by atoms with Crippen LogP contribution in [0.2, 0.25) is 0 Å². The molecule has 4 heteroatoms. The third kappa shape index (κ3) is 4.37. The number of rotatable bonds is 7. The largest absolute Gasteiger partial charge is 0.496 e. The Bertz CT molecular complexity index is 391. The van der Waals surface area contributed by atoms with E-state index in [1.165, 1.54) is 0 Å². The number of methoxy groups -OCH3 is 1. The van der Waals surface area contributed by atoms with Crippen molar-refractivity contribution in [2.24, 2.45) is 5.73 Å². The molecule has 1 amide bonds. The van der Waals surface area contributed by atoms with Crippen molar-refractivity contribution < 1.29 is 9.53 Å². The summed E-state index contributed by atoms with van der Waals surface area (Å²) >= 11 is 0. The first-order valence-corrected chi connectivity index (χ1v) is 6.32. The fraction of sp³-hybridized carbons (Fsp3) is 0.500. The molecule has 0 saturated heterocycles. The Morgan fingerprint density at radius 3 is 2.78 bits per heavy atom. The summed E-state index contributed by atoms with van der Waals surface area (Å²) in [7, 11) is 1.61. The average Bonchev–Trinajstić information content (AvgIpc) is 2.38. The fourth-order valence-corrected chi connectivity index (χ4v) is 1.71. The molecule has 100 valence electrons. The first-order valence-electron chi connectivity index (χ1n) is 6.32. The Balaban J connectivity index is 2.46. The highest BCUT2D eigenvalue weighted by Gasteiger charge is 2.07. The van der Waals surface area contributed by atoms with Crippen molar-refractivity contribution in [3.8, 4) is 5.75 Å². The van der Waals surface area contributed by atoms with Crippen molar-refractivity contribution in [2.45, 2.75) is 26.2 Å². The van der Waals surface area contributed by atoms with Crippen molar-refractivity contribution in [3.05, 3.63) is 29.3 Å². The lowest BCUT2D eigenvalue weighted by molar-refractivity contribution is 0.0952. The van der Waals surface area contributed by atoms with Gasteiger partial charge in [-0.3, -0.25) is 4.79 Å². The van der Waals surface area contributed by atoms with Gasteiger partial charge >= 0.3 is 0 Å². The normalized spacial score (nSPS) is 10.2. The molecule has 4 nitrogen and oxygen atoms in total. The van der Waals surface area contributed by atoms with E-state index in [1.807, 2.05) is 19.1 Å². The van der Waals surface area contributed by atoms with Crippen LogP contribution in [0.4, 0.5) is 0 Å². The van der Waals surface area contributed by atoms with E-state index in [1.54, 1.807) is 13.2 Å². The Kier molecular flexibility index (Phi) is 6.22.